The van der Waals surface area contributed by atoms with Crippen LogP contribution in [0.15, 0.2) is 24.3 Å². The first-order chi connectivity index (χ1) is 12.2. The minimum absolute atomic E-state index is 0.0343. The maximum atomic E-state index is 12.5. The zero-order valence-corrected chi connectivity index (χ0v) is 14.9. The smallest absolute Gasteiger partial charge is 0.223 e. The molecule has 1 aromatic rings. The highest BCUT2D eigenvalue weighted by atomic mass is 16.7. The third-order valence-corrected chi connectivity index (χ3v) is 5.09. The van der Waals surface area contributed by atoms with Gasteiger partial charge in [-0.15, -0.1) is 0 Å². The summed E-state index contributed by atoms with van der Waals surface area (Å²) in [4.78, 5) is 26.6. The van der Waals surface area contributed by atoms with E-state index < -0.39 is 0 Å². The highest BCUT2D eigenvalue weighted by molar-refractivity contribution is 5.98. The molecule has 2 heterocycles. The van der Waals surface area contributed by atoms with Crippen molar-refractivity contribution in [3.63, 3.8) is 0 Å². The Hall–Kier alpha value is -1.72. The second-order valence-electron chi connectivity index (χ2n) is 6.83. The molecule has 0 N–H and O–H groups in total. The third kappa shape index (κ3) is 4.67. The fraction of sp³-hybridized carbons (Fsp3) is 0.600. The van der Waals surface area contributed by atoms with Gasteiger partial charge in [0.1, 0.15) is 0 Å². The molecule has 136 valence electrons. The van der Waals surface area contributed by atoms with E-state index in [9.17, 15) is 9.59 Å². The van der Waals surface area contributed by atoms with Crippen LogP contribution in [0.25, 0.3) is 0 Å². The molecule has 2 aliphatic heterocycles. The fourth-order valence-electron chi connectivity index (χ4n) is 3.56. The van der Waals surface area contributed by atoms with Crippen LogP contribution in [0.3, 0.4) is 0 Å². The van der Waals surface area contributed by atoms with Crippen LogP contribution < -0.4 is 0 Å². The lowest BCUT2D eigenvalue weighted by Gasteiger charge is -2.34. The van der Waals surface area contributed by atoms with E-state index in [1.54, 1.807) is 0 Å². The van der Waals surface area contributed by atoms with Crippen LogP contribution in [-0.4, -0.2) is 49.2 Å². The molecule has 0 saturated carbocycles. The van der Waals surface area contributed by atoms with Crippen LogP contribution in [-0.2, 0) is 20.7 Å². The summed E-state index contributed by atoms with van der Waals surface area (Å²) >= 11 is 0. The lowest BCUT2D eigenvalue weighted by Crippen LogP contribution is -2.43. The standard InChI is InChI=1S/C20H27NO4/c1-2-15-5-7-16(8-6-15)18(22)9-10-19(23)21-11-3-4-17(14-21)20-24-12-13-25-20/h5-8,17,20H,2-4,9-14H2,1H3. The maximum Gasteiger partial charge on any atom is 0.223 e. The van der Waals surface area contributed by atoms with E-state index >= 15 is 0 Å². The van der Waals surface area contributed by atoms with Gasteiger partial charge in [0.05, 0.1) is 13.2 Å². The predicted octanol–water partition coefficient (Wildman–Crippen LogP) is 2.82. The average Bonchev–Trinajstić information content (AvgIpc) is 3.21. The van der Waals surface area contributed by atoms with Crippen molar-refractivity contribution < 1.29 is 19.1 Å². The molecule has 5 heteroatoms. The summed E-state index contributed by atoms with van der Waals surface area (Å²) in [5.74, 6) is 0.339. The van der Waals surface area contributed by atoms with Gasteiger partial charge in [-0.2, -0.15) is 0 Å². The Morgan fingerprint density at radius 1 is 1.12 bits per heavy atom. The average molecular weight is 345 g/mol. The van der Waals surface area contributed by atoms with E-state index in [-0.39, 0.29) is 36.7 Å². The van der Waals surface area contributed by atoms with Crippen LogP contribution in [0.4, 0.5) is 0 Å². The summed E-state index contributed by atoms with van der Waals surface area (Å²) in [7, 11) is 0. The second-order valence-corrected chi connectivity index (χ2v) is 6.83. The molecular formula is C20H27NO4. The number of carbonyl (C=O) groups is 2. The first-order valence-corrected chi connectivity index (χ1v) is 9.30. The van der Waals surface area contributed by atoms with Gasteiger partial charge < -0.3 is 14.4 Å². The van der Waals surface area contributed by atoms with Crippen LogP contribution in [0.5, 0.6) is 0 Å². The number of benzene rings is 1. The second kappa shape index (κ2) is 8.59. The Labute approximate surface area is 149 Å². The van der Waals surface area contributed by atoms with Crippen LogP contribution >= 0.6 is 0 Å². The Morgan fingerprint density at radius 3 is 2.52 bits per heavy atom. The summed E-state index contributed by atoms with van der Waals surface area (Å²) < 4.78 is 11.2. The van der Waals surface area contributed by atoms with Crippen LogP contribution in [0.2, 0.25) is 0 Å². The van der Waals surface area contributed by atoms with E-state index in [0.717, 1.165) is 25.8 Å². The number of nitrogens with zero attached hydrogens (tertiary/aromatic N) is 1. The van der Waals surface area contributed by atoms with Crippen molar-refractivity contribution in [3.8, 4) is 0 Å². The summed E-state index contributed by atoms with van der Waals surface area (Å²) in [5, 5.41) is 0. The fourth-order valence-corrected chi connectivity index (χ4v) is 3.56. The van der Waals surface area contributed by atoms with E-state index in [4.69, 9.17) is 9.47 Å². The number of amides is 1. The monoisotopic (exact) mass is 345 g/mol. The molecule has 1 aromatic carbocycles. The van der Waals surface area contributed by atoms with Gasteiger partial charge in [0.25, 0.3) is 0 Å². The summed E-state index contributed by atoms with van der Waals surface area (Å²) in [6.07, 6.45) is 3.31. The zero-order chi connectivity index (χ0) is 17.6. The number of ketones is 1. The third-order valence-electron chi connectivity index (χ3n) is 5.09. The summed E-state index contributed by atoms with van der Waals surface area (Å²) in [5.41, 5.74) is 1.90. The molecule has 3 rings (SSSR count). The molecule has 1 atom stereocenters. The van der Waals surface area contributed by atoms with Gasteiger partial charge >= 0.3 is 0 Å². The number of piperidine rings is 1. The molecule has 1 unspecified atom stereocenters. The molecule has 0 aliphatic carbocycles. The van der Waals surface area contributed by atoms with Gasteiger partial charge in [-0.05, 0) is 24.8 Å². The Morgan fingerprint density at radius 2 is 1.84 bits per heavy atom. The van der Waals surface area contributed by atoms with Crippen molar-refractivity contribution in [2.24, 2.45) is 5.92 Å². The summed E-state index contributed by atoms with van der Waals surface area (Å²) in [6, 6.07) is 7.67. The normalized spacial score (nSPS) is 21.5. The lowest BCUT2D eigenvalue weighted by atomic mass is 9.96. The first kappa shape index (κ1) is 18.1. The number of rotatable bonds is 6. The van der Waals surface area contributed by atoms with Gasteiger partial charge in [-0.1, -0.05) is 31.2 Å². The quantitative estimate of drug-likeness (QED) is 0.744. The molecule has 2 aliphatic rings. The number of aryl methyl sites for hydroxylation is 1. The maximum absolute atomic E-state index is 12.5. The minimum Gasteiger partial charge on any atom is -0.350 e. The van der Waals surface area contributed by atoms with E-state index in [1.165, 1.54) is 5.56 Å². The van der Waals surface area contributed by atoms with E-state index in [0.29, 0.717) is 25.3 Å². The Bertz CT molecular complexity index is 592. The van der Waals surface area contributed by atoms with Crippen LogP contribution in [0, 0.1) is 5.92 Å². The van der Waals surface area contributed by atoms with Crippen molar-refractivity contribution in [2.45, 2.75) is 45.3 Å². The highest BCUT2D eigenvalue weighted by Crippen LogP contribution is 2.25. The Kier molecular flexibility index (Phi) is 6.21. The predicted molar refractivity (Wildman–Crippen MR) is 94.4 cm³/mol. The zero-order valence-electron chi connectivity index (χ0n) is 14.9. The molecule has 2 saturated heterocycles. The number of hydrogen-bond donors (Lipinski definition) is 0. The van der Waals surface area contributed by atoms with Gasteiger partial charge in [-0.25, -0.2) is 0 Å². The molecule has 1 amide bonds. The first-order valence-electron chi connectivity index (χ1n) is 9.30. The van der Waals surface area contributed by atoms with E-state index in [1.807, 2.05) is 29.2 Å². The molecular weight excluding hydrogens is 318 g/mol. The molecule has 0 aromatic heterocycles. The Balaban J connectivity index is 1.48. The number of carbonyl (C=O) groups excluding carboxylic acids is 2. The molecule has 0 bridgehead atoms. The van der Waals surface area contributed by atoms with Crippen molar-refractivity contribution >= 4 is 11.7 Å². The molecule has 0 radical (unpaired) electrons. The van der Waals surface area contributed by atoms with Gasteiger partial charge in [0.2, 0.25) is 5.91 Å². The lowest BCUT2D eigenvalue weighted by molar-refractivity contribution is -0.139. The topological polar surface area (TPSA) is 55.8 Å². The number of ether oxygens (including phenoxy) is 2. The van der Waals surface area contributed by atoms with Crippen molar-refractivity contribution in [1.29, 1.82) is 0 Å². The molecule has 0 spiro atoms. The number of hydrogen-bond acceptors (Lipinski definition) is 4. The van der Waals surface area contributed by atoms with E-state index in [2.05, 4.69) is 6.92 Å². The van der Waals surface area contributed by atoms with Crippen molar-refractivity contribution in [1.82, 2.24) is 4.90 Å². The van der Waals surface area contributed by atoms with Gasteiger partial charge in [0.15, 0.2) is 12.1 Å². The number of likely N-dealkylation sites (tertiary alicyclic amines) is 1. The molecule has 5 nitrogen and oxygen atoms in total. The molecule has 2 fully saturated rings. The number of Topliss-reactive ketones (excluding diaryl/α,β-unsaturated/α-hetero) is 1. The van der Waals surface area contributed by atoms with Crippen molar-refractivity contribution in [3.05, 3.63) is 35.4 Å². The minimum atomic E-state index is -0.172. The van der Waals surface area contributed by atoms with Gasteiger partial charge in [0, 0.05) is 37.4 Å². The van der Waals surface area contributed by atoms with Crippen molar-refractivity contribution in [2.75, 3.05) is 26.3 Å². The van der Waals surface area contributed by atoms with Gasteiger partial charge in [-0.3, -0.25) is 9.59 Å². The van der Waals surface area contributed by atoms with Crippen LogP contribution in [0.1, 0.15) is 48.5 Å². The summed E-state index contributed by atoms with van der Waals surface area (Å²) in [6.45, 7) is 4.80. The molecule has 25 heavy (non-hydrogen) atoms. The highest BCUT2D eigenvalue weighted by Gasteiger charge is 2.32. The largest absolute Gasteiger partial charge is 0.350 e. The SMILES string of the molecule is CCc1ccc(C(=O)CCC(=O)N2CCCC(C3OCCO3)C2)cc1.